The number of methoxy groups -OCH3 is 1. The van der Waals surface area contributed by atoms with Gasteiger partial charge in [0.15, 0.2) is 0 Å². The van der Waals surface area contributed by atoms with E-state index >= 15 is 0 Å². The van der Waals surface area contributed by atoms with E-state index < -0.39 is 0 Å². The van der Waals surface area contributed by atoms with Crippen molar-refractivity contribution >= 4 is 15.9 Å². The SMILES string of the molecule is COCCOc1ccccc1-c1cncnc1Br. The molecule has 94 valence electrons. The molecular weight excluding hydrogens is 296 g/mol. The third kappa shape index (κ3) is 3.05. The average molecular weight is 309 g/mol. The largest absolute Gasteiger partial charge is 0.491 e. The minimum absolute atomic E-state index is 0.513. The Morgan fingerprint density at radius 3 is 2.78 bits per heavy atom. The zero-order chi connectivity index (χ0) is 12.8. The first-order valence-corrected chi connectivity index (χ1v) is 6.29. The second-order valence-corrected chi connectivity index (χ2v) is 4.32. The first-order chi connectivity index (χ1) is 8.83. The van der Waals surface area contributed by atoms with Gasteiger partial charge in [-0.2, -0.15) is 0 Å². The molecule has 1 heterocycles. The number of rotatable bonds is 5. The zero-order valence-corrected chi connectivity index (χ0v) is 11.6. The molecule has 0 radical (unpaired) electrons. The molecule has 0 atom stereocenters. The van der Waals surface area contributed by atoms with Crippen molar-refractivity contribution in [3.05, 3.63) is 41.4 Å². The smallest absolute Gasteiger partial charge is 0.127 e. The van der Waals surface area contributed by atoms with Gasteiger partial charge in [0.05, 0.1) is 6.61 Å². The van der Waals surface area contributed by atoms with E-state index in [0.29, 0.717) is 13.2 Å². The van der Waals surface area contributed by atoms with Gasteiger partial charge in [0.1, 0.15) is 23.3 Å². The Labute approximate surface area is 114 Å². The fourth-order valence-electron chi connectivity index (χ4n) is 1.55. The first-order valence-electron chi connectivity index (χ1n) is 5.49. The molecule has 5 heteroatoms. The zero-order valence-electron chi connectivity index (χ0n) is 9.97. The van der Waals surface area contributed by atoms with Crippen LogP contribution in [0.3, 0.4) is 0 Å². The predicted molar refractivity (Wildman–Crippen MR) is 72.5 cm³/mol. The van der Waals surface area contributed by atoms with Gasteiger partial charge >= 0.3 is 0 Å². The lowest BCUT2D eigenvalue weighted by Gasteiger charge is -2.11. The van der Waals surface area contributed by atoms with Crippen LogP contribution < -0.4 is 4.74 Å². The first kappa shape index (κ1) is 13.0. The van der Waals surface area contributed by atoms with Crippen molar-refractivity contribution in [3.8, 4) is 16.9 Å². The van der Waals surface area contributed by atoms with Crippen molar-refractivity contribution in [2.24, 2.45) is 0 Å². The number of hydrogen-bond donors (Lipinski definition) is 0. The Bertz CT molecular complexity index is 520. The molecule has 2 rings (SSSR count). The summed E-state index contributed by atoms with van der Waals surface area (Å²) in [4.78, 5) is 8.16. The Morgan fingerprint density at radius 1 is 1.17 bits per heavy atom. The van der Waals surface area contributed by atoms with Gasteiger partial charge in [0.2, 0.25) is 0 Å². The van der Waals surface area contributed by atoms with Crippen LogP contribution in [-0.2, 0) is 4.74 Å². The Morgan fingerprint density at radius 2 is 2.00 bits per heavy atom. The van der Waals surface area contributed by atoms with Gasteiger partial charge in [-0.25, -0.2) is 9.97 Å². The van der Waals surface area contributed by atoms with Crippen molar-refractivity contribution in [3.63, 3.8) is 0 Å². The van der Waals surface area contributed by atoms with Crippen LogP contribution in [0.4, 0.5) is 0 Å². The lowest BCUT2D eigenvalue weighted by molar-refractivity contribution is 0.146. The third-order valence-corrected chi connectivity index (χ3v) is 3.02. The highest BCUT2D eigenvalue weighted by atomic mass is 79.9. The molecule has 0 aliphatic heterocycles. The van der Waals surface area contributed by atoms with Crippen LogP contribution in [-0.4, -0.2) is 30.3 Å². The number of nitrogens with zero attached hydrogens (tertiary/aromatic N) is 2. The minimum atomic E-state index is 0.513. The van der Waals surface area contributed by atoms with E-state index in [1.54, 1.807) is 13.3 Å². The number of halogens is 1. The molecule has 0 aliphatic carbocycles. The van der Waals surface area contributed by atoms with Gasteiger partial charge in [-0.1, -0.05) is 18.2 Å². The highest BCUT2D eigenvalue weighted by Crippen LogP contribution is 2.32. The third-order valence-electron chi connectivity index (χ3n) is 2.39. The minimum Gasteiger partial charge on any atom is -0.491 e. The van der Waals surface area contributed by atoms with Crippen LogP contribution in [0.5, 0.6) is 5.75 Å². The second kappa shape index (κ2) is 6.47. The van der Waals surface area contributed by atoms with Crippen LogP contribution in [0.15, 0.2) is 41.4 Å². The van der Waals surface area contributed by atoms with Crippen molar-refractivity contribution in [1.82, 2.24) is 9.97 Å². The molecule has 4 nitrogen and oxygen atoms in total. The van der Waals surface area contributed by atoms with Crippen molar-refractivity contribution in [2.75, 3.05) is 20.3 Å². The van der Waals surface area contributed by atoms with E-state index in [1.165, 1.54) is 6.33 Å². The van der Waals surface area contributed by atoms with E-state index in [9.17, 15) is 0 Å². The second-order valence-electron chi connectivity index (χ2n) is 3.56. The fourth-order valence-corrected chi connectivity index (χ4v) is 1.95. The van der Waals surface area contributed by atoms with Gasteiger partial charge in [-0.05, 0) is 22.0 Å². The molecule has 18 heavy (non-hydrogen) atoms. The summed E-state index contributed by atoms with van der Waals surface area (Å²) in [6, 6.07) is 7.79. The maximum Gasteiger partial charge on any atom is 0.127 e. The van der Waals surface area contributed by atoms with E-state index in [-0.39, 0.29) is 0 Å². The van der Waals surface area contributed by atoms with Crippen molar-refractivity contribution in [2.45, 2.75) is 0 Å². The maximum atomic E-state index is 5.69. The van der Waals surface area contributed by atoms with Gasteiger partial charge in [0.25, 0.3) is 0 Å². The molecule has 0 aliphatic rings. The summed E-state index contributed by atoms with van der Waals surface area (Å²) in [5, 5.41) is 0. The lowest BCUT2D eigenvalue weighted by Crippen LogP contribution is -2.05. The summed E-state index contributed by atoms with van der Waals surface area (Å²) in [6.07, 6.45) is 3.26. The number of aromatic nitrogens is 2. The average Bonchev–Trinajstić information content (AvgIpc) is 2.40. The summed E-state index contributed by atoms with van der Waals surface area (Å²) >= 11 is 3.42. The Hall–Kier alpha value is -1.46. The van der Waals surface area contributed by atoms with Gasteiger partial charge < -0.3 is 9.47 Å². The van der Waals surface area contributed by atoms with Crippen LogP contribution >= 0.6 is 15.9 Å². The molecule has 0 fully saturated rings. The predicted octanol–water partition coefficient (Wildman–Crippen LogP) is 2.93. The van der Waals surface area contributed by atoms with Gasteiger partial charge in [0, 0.05) is 24.4 Å². The van der Waals surface area contributed by atoms with Crippen LogP contribution in [0, 0.1) is 0 Å². The standard InChI is InChI=1S/C13H13BrN2O2/c1-17-6-7-18-12-5-3-2-4-10(12)11-8-15-9-16-13(11)14/h2-5,8-9H,6-7H2,1H3. The summed E-state index contributed by atoms with van der Waals surface area (Å²) in [5.74, 6) is 0.796. The highest BCUT2D eigenvalue weighted by Gasteiger charge is 2.09. The molecule has 0 saturated heterocycles. The van der Waals surface area contributed by atoms with E-state index in [0.717, 1.165) is 21.5 Å². The summed E-state index contributed by atoms with van der Waals surface area (Å²) in [6.45, 7) is 1.07. The fraction of sp³-hybridized carbons (Fsp3) is 0.231. The van der Waals surface area contributed by atoms with Gasteiger partial charge in [-0.15, -0.1) is 0 Å². The Kier molecular flexibility index (Phi) is 4.66. The molecule has 0 bridgehead atoms. The van der Waals surface area contributed by atoms with E-state index in [4.69, 9.17) is 9.47 Å². The van der Waals surface area contributed by atoms with Gasteiger partial charge in [-0.3, -0.25) is 0 Å². The van der Waals surface area contributed by atoms with E-state index in [2.05, 4.69) is 25.9 Å². The van der Waals surface area contributed by atoms with E-state index in [1.807, 2.05) is 24.3 Å². The summed E-state index contributed by atoms with van der Waals surface area (Å²) in [5.41, 5.74) is 1.87. The number of benzene rings is 1. The van der Waals surface area contributed by atoms with Crippen LogP contribution in [0.1, 0.15) is 0 Å². The number of hydrogen-bond acceptors (Lipinski definition) is 4. The van der Waals surface area contributed by atoms with Crippen LogP contribution in [0.2, 0.25) is 0 Å². The molecule has 1 aromatic heterocycles. The van der Waals surface area contributed by atoms with Crippen molar-refractivity contribution < 1.29 is 9.47 Å². The summed E-state index contributed by atoms with van der Waals surface area (Å²) < 4.78 is 11.4. The molecular formula is C13H13BrN2O2. The molecule has 0 N–H and O–H groups in total. The molecule has 0 spiro atoms. The molecule has 2 aromatic rings. The number of para-hydroxylation sites is 1. The van der Waals surface area contributed by atoms with Crippen LogP contribution in [0.25, 0.3) is 11.1 Å². The topological polar surface area (TPSA) is 44.2 Å². The number of ether oxygens (including phenoxy) is 2. The Balaban J connectivity index is 2.30. The molecule has 1 aromatic carbocycles. The summed E-state index contributed by atoms with van der Waals surface area (Å²) in [7, 11) is 1.65. The maximum absolute atomic E-state index is 5.69. The molecule has 0 amide bonds. The molecule has 0 unspecified atom stereocenters. The quantitative estimate of drug-likeness (QED) is 0.629. The highest BCUT2D eigenvalue weighted by molar-refractivity contribution is 9.10. The monoisotopic (exact) mass is 308 g/mol. The lowest BCUT2D eigenvalue weighted by atomic mass is 10.1. The molecule has 0 saturated carbocycles. The normalized spacial score (nSPS) is 10.3. The van der Waals surface area contributed by atoms with Crippen molar-refractivity contribution in [1.29, 1.82) is 0 Å².